The Kier molecular flexibility index (Phi) is 5.08. The number of hydrogen-bond donors (Lipinski definition) is 1. The molecular formula is C19H23ClO. The number of aliphatic hydroxyl groups excluding tert-OH is 1. The van der Waals surface area contributed by atoms with E-state index in [1.54, 1.807) is 0 Å². The molecule has 0 amide bonds. The summed E-state index contributed by atoms with van der Waals surface area (Å²) in [5.41, 5.74) is 3.31. The van der Waals surface area contributed by atoms with Gasteiger partial charge in [-0.3, -0.25) is 0 Å². The van der Waals surface area contributed by atoms with E-state index in [4.69, 9.17) is 11.6 Å². The number of aliphatic hydroxyl groups is 1. The van der Waals surface area contributed by atoms with Crippen LogP contribution in [0.15, 0.2) is 48.5 Å². The minimum atomic E-state index is -0.432. The van der Waals surface area contributed by atoms with Crippen LogP contribution < -0.4 is 0 Å². The molecule has 0 fully saturated rings. The molecule has 0 aliphatic heterocycles. The van der Waals surface area contributed by atoms with Gasteiger partial charge >= 0.3 is 0 Å². The third kappa shape index (κ3) is 4.33. The van der Waals surface area contributed by atoms with E-state index in [1.165, 1.54) is 11.1 Å². The molecule has 0 aliphatic rings. The van der Waals surface area contributed by atoms with Crippen LogP contribution in [-0.2, 0) is 12.8 Å². The Morgan fingerprint density at radius 2 is 1.67 bits per heavy atom. The summed E-state index contributed by atoms with van der Waals surface area (Å²) in [4.78, 5) is 0. The average molecular weight is 303 g/mol. The van der Waals surface area contributed by atoms with Gasteiger partial charge in [-0.2, -0.15) is 0 Å². The average Bonchev–Trinajstić information content (AvgIpc) is 2.43. The lowest BCUT2D eigenvalue weighted by Crippen LogP contribution is -2.33. The molecule has 0 heterocycles. The molecule has 0 radical (unpaired) electrons. The second kappa shape index (κ2) is 6.64. The van der Waals surface area contributed by atoms with Crippen molar-refractivity contribution in [2.24, 2.45) is 5.41 Å². The van der Waals surface area contributed by atoms with Crippen molar-refractivity contribution in [3.05, 3.63) is 70.2 Å². The molecule has 0 aliphatic carbocycles. The second-order valence-corrected chi connectivity index (χ2v) is 6.87. The summed E-state index contributed by atoms with van der Waals surface area (Å²) in [6.07, 6.45) is 0.996. The normalized spacial score (nSPS) is 13.2. The van der Waals surface area contributed by atoms with Crippen LogP contribution in [0.1, 0.15) is 30.5 Å². The smallest absolute Gasteiger partial charge is 0.0635 e. The lowest BCUT2D eigenvalue weighted by atomic mass is 9.78. The summed E-state index contributed by atoms with van der Waals surface area (Å²) < 4.78 is 0. The van der Waals surface area contributed by atoms with Gasteiger partial charge in [-0.05, 0) is 36.0 Å². The Labute approximate surface area is 132 Å². The number of halogens is 1. The Balaban J connectivity index is 2.07. The molecule has 1 nitrogen and oxygen atoms in total. The van der Waals surface area contributed by atoms with E-state index in [-0.39, 0.29) is 5.41 Å². The Bertz CT molecular complexity index is 587. The van der Waals surface area contributed by atoms with Gasteiger partial charge in [-0.15, -0.1) is 0 Å². The van der Waals surface area contributed by atoms with Crippen LogP contribution in [0.2, 0.25) is 5.02 Å². The molecule has 0 aromatic heterocycles. The zero-order valence-corrected chi connectivity index (χ0v) is 13.7. The van der Waals surface area contributed by atoms with Gasteiger partial charge in [0.2, 0.25) is 0 Å². The van der Waals surface area contributed by atoms with Crippen molar-refractivity contribution in [2.45, 2.75) is 39.7 Å². The molecule has 0 bridgehead atoms. The molecule has 2 heteroatoms. The van der Waals surface area contributed by atoms with Crippen molar-refractivity contribution in [2.75, 3.05) is 0 Å². The molecule has 0 spiro atoms. The van der Waals surface area contributed by atoms with Crippen LogP contribution in [-0.4, -0.2) is 11.2 Å². The second-order valence-electron chi connectivity index (χ2n) is 6.46. The highest BCUT2D eigenvalue weighted by atomic mass is 35.5. The van der Waals surface area contributed by atoms with E-state index < -0.39 is 6.10 Å². The van der Waals surface area contributed by atoms with Crippen molar-refractivity contribution in [1.82, 2.24) is 0 Å². The first-order valence-electron chi connectivity index (χ1n) is 7.35. The standard InChI is InChI=1S/C19H23ClO/c1-14-8-10-15(11-9-14)13-19(2,3)18(21)12-16-6-4-5-7-17(16)20/h4-11,18,21H,12-13H2,1-3H3. The minimum absolute atomic E-state index is 0.200. The predicted molar refractivity (Wildman–Crippen MR) is 89.8 cm³/mol. The van der Waals surface area contributed by atoms with E-state index in [2.05, 4.69) is 45.0 Å². The summed E-state index contributed by atoms with van der Waals surface area (Å²) in [6.45, 7) is 6.30. The Morgan fingerprint density at radius 3 is 2.29 bits per heavy atom. The Morgan fingerprint density at radius 1 is 1.05 bits per heavy atom. The van der Waals surface area contributed by atoms with E-state index in [0.717, 1.165) is 17.0 Å². The van der Waals surface area contributed by atoms with E-state index >= 15 is 0 Å². The first-order valence-corrected chi connectivity index (χ1v) is 7.73. The van der Waals surface area contributed by atoms with Crippen molar-refractivity contribution >= 4 is 11.6 Å². The first-order chi connectivity index (χ1) is 9.88. The summed E-state index contributed by atoms with van der Waals surface area (Å²) in [6, 6.07) is 16.2. The monoisotopic (exact) mass is 302 g/mol. The number of aryl methyl sites for hydroxylation is 1. The van der Waals surface area contributed by atoms with Crippen molar-refractivity contribution in [3.63, 3.8) is 0 Å². The van der Waals surface area contributed by atoms with Gasteiger partial charge in [0.15, 0.2) is 0 Å². The maximum atomic E-state index is 10.6. The van der Waals surface area contributed by atoms with Crippen LogP contribution in [0.5, 0.6) is 0 Å². The fraction of sp³-hybridized carbons (Fsp3) is 0.368. The molecule has 0 saturated carbocycles. The Hall–Kier alpha value is -1.31. The lowest BCUT2D eigenvalue weighted by molar-refractivity contribution is 0.0508. The SMILES string of the molecule is Cc1ccc(CC(C)(C)C(O)Cc2ccccc2Cl)cc1. The van der Waals surface area contributed by atoms with Gasteiger partial charge in [-0.25, -0.2) is 0 Å². The highest BCUT2D eigenvalue weighted by Crippen LogP contribution is 2.30. The van der Waals surface area contributed by atoms with E-state index in [9.17, 15) is 5.11 Å². The number of benzene rings is 2. The van der Waals surface area contributed by atoms with Crippen molar-refractivity contribution < 1.29 is 5.11 Å². The van der Waals surface area contributed by atoms with Crippen LogP contribution in [0, 0.1) is 12.3 Å². The van der Waals surface area contributed by atoms with Gasteiger partial charge in [0.25, 0.3) is 0 Å². The number of hydrogen-bond acceptors (Lipinski definition) is 1. The molecule has 0 saturated heterocycles. The summed E-state index contributed by atoms with van der Waals surface area (Å²) in [5, 5.41) is 11.3. The topological polar surface area (TPSA) is 20.2 Å². The molecule has 1 atom stereocenters. The van der Waals surface area contributed by atoms with E-state index in [0.29, 0.717) is 6.42 Å². The van der Waals surface area contributed by atoms with Crippen LogP contribution in [0.3, 0.4) is 0 Å². The predicted octanol–water partition coefficient (Wildman–Crippen LogP) is 4.82. The molecule has 1 N–H and O–H groups in total. The molecule has 21 heavy (non-hydrogen) atoms. The van der Waals surface area contributed by atoms with Crippen LogP contribution >= 0.6 is 11.6 Å². The highest BCUT2D eigenvalue weighted by molar-refractivity contribution is 6.31. The summed E-state index contributed by atoms with van der Waals surface area (Å²) >= 11 is 6.18. The summed E-state index contributed by atoms with van der Waals surface area (Å²) in [5.74, 6) is 0. The van der Waals surface area contributed by atoms with Crippen LogP contribution in [0.25, 0.3) is 0 Å². The fourth-order valence-electron chi connectivity index (χ4n) is 2.50. The fourth-order valence-corrected chi connectivity index (χ4v) is 2.71. The molecule has 2 aromatic carbocycles. The molecule has 1 unspecified atom stereocenters. The van der Waals surface area contributed by atoms with Gasteiger partial charge in [0.05, 0.1) is 6.10 Å². The molecular weight excluding hydrogens is 280 g/mol. The first kappa shape index (κ1) is 16.1. The zero-order chi connectivity index (χ0) is 15.5. The highest BCUT2D eigenvalue weighted by Gasteiger charge is 2.28. The third-order valence-corrected chi connectivity index (χ3v) is 4.42. The third-order valence-electron chi connectivity index (χ3n) is 4.05. The van der Waals surface area contributed by atoms with Gasteiger partial charge in [0, 0.05) is 11.4 Å². The van der Waals surface area contributed by atoms with Gasteiger partial charge < -0.3 is 5.11 Å². The number of rotatable bonds is 5. The van der Waals surface area contributed by atoms with Crippen LogP contribution in [0.4, 0.5) is 0 Å². The zero-order valence-electron chi connectivity index (χ0n) is 12.9. The maximum absolute atomic E-state index is 10.6. The quantitative estimate of drug-likeness (QED) is 0.839. The van der Waals surface area contributed by atoms with E-state index in [1.807, 2.05) is 24.3 Å². The molecule has 2 rings (SSSR count). The minimum Gasteiger partial charge on any atom is -0.392 e. The molecule has 112 valence electrons. The maximum Gasteiger partial charge on any atom is 0.0635 e. The lowest BCUT2D eigenvalue weighted by Gasteiger charge is -2.31. The van der Waals surface area contributed by atoms with Gasteiger partial charge in [-0.1, -0.05) is 73.5 Å². The van der Waals surface area contributed by atoms with Gasteiger partial charge in [0.1, 0.15) is 0 Å². The molecule has 2 aromatic rings. The summed E-state index contributed by atoms with van der Waals surface area (Å²) in [7, 11) is 0. The largest absolute Gasteiger partial charge is 0.392 e. The van der Waals surface area contributed by atoms with Crippen molar-refractivity contribution in [3.8, 4) is 0 Å². The van der Waals surface area contributed by atoms with Crippen molar-refractivity contribution in [1.29, 1.82) is 0 Å².